The maximum Gasteiger partial charge on any atom is 0.176 e. The van der Waals surface area contributed by atoms with E-state index in [1.807, 2.05) is 24.3 Å². The van der Waals surface area contributed by atoms with Crippen molar-refractivity contribution in [1.82, 2.24) is 9.80 Å². The van der Waals surface area contributed by atoms with Gasteiger partial charge in [-0.2, -0.15) is 0 Å². The van der Waals surface area contributed by atoms with Crippen molar-refractivity contribution < 1.29 is 9.53 Å². The van der Waals surface area contributed by atoms with Crippen LogP contribution in [0, 0.1) is 0 Å². The summed E-state index contributed by atoms with van der Waals surface area (Å²) in [5.41, 5.74) is 0.747. The van der Waals surface area contributed by atoms with E-state index in [9.17, 15) is 4.79 Å². The standard InChI is InChI=1S/C16H26N2O2/c1-5-10-18(12-11-17(2)3)13-16(19)14-6-8-15(20-4)9-7-14/h6-9H,5,10-13H2,1-4H3. The Hall–Kier alpha value is -1.39. The molecule has 112 valence electrons. The van der Waals surface area contributed by atoms with Crippen molar-refractivity contribution in [2.24, 2.45) is 0 Å². The Bertz CT molecular complexity index is 401. The molecule has 1 aromatic carbocycles. The lowest BCUT2D eigenvalue weighted by molar-refractivity contribution is 0.0925. The van der Waals surface area contributed by atoms with E-state index in [1.54, 1.807) is 7.11 Å². The van der Waals surface area contributed by atoms with E-state index < -0.39 is 0 Å². The second-order valence-corrected chi connectivity index (χ2v) is 5.23. The first-order chi connectivity index (χ1) is 9.56. The van der Waals surface area contributed by atoms with Gasteiger partial charge in [-0.25, -0.2) is 0 Å². The molecule has 1 aromatic rings. The van der Waals surface area contributed by atoms with Gasteiger partial charge in [-0.3, -0.25) is 9.69 Å². The number of carbonyl (C=O) groups excluding carboxylic acids is 1. The fourth-order valence-electron chi connectivity index (χ4n) is 2.00. The Balaban J connectivity index is 2.59. The number of Topliss-reactive ketones (excluding diaryl/α,β-unsaturated/α-hetero) is 1. The van der Waals surface area contributed by atoms with E-state index in [0.29, 0.717) is 6.54 Å². The summed E-state index contributed by atoms with van der Waals surface area (Å²) < 4.78 is 5.11. The van der Waals surface area contributed by atoms with Crippen molar-refractivity contribution in [1.29, 1.82) is 0 Å². The van der Waals surface area contributed by atoms with Crippen LogP contribution >= 0.6 is 0 Å². The number of rotatable bonds is 9. The summed E-state index contributed by atoms with van der Waals surface area (Å²) in [4.78, 5) is 16.6. The number of nitrogens with zero attached hydrogens (tertiary/aromatic N) is 2. The van der Waals surface area contributed by atoms with Crippen molar-refractivity contribution in [3.63, 3.8) is 0 Å². The molecule has 0 radical (unpaired) electrons. The molecule has 0 amide bonds. The molecule has 0 fully saturated rings. The second kappa shape index (κ2) is 8.72. The Kier molecular flexibility index (Phi) is 7.26. The molecule has 0 aromatic heterocycles. The van der Waals surface area contributed by atoms with Crippen molar-refractivity contribution in [2.75, 3.05) is 47.4 Å². The normalized spacial score (nSPS) is 11.1. The van der Waals surface area contributed by atoms with Gasteiger partial charge < -0.3 is 9.64 Å². The zero-order valence-corrected chi connectivity index (χ0v) is 13.1. The quantitative estimate of drug-likeness (QED) is 0.648. The summed E-state index contributed by atoms with van der Waals surface area (Å²) in [6.07, 6.45) is 1.06. The Morgan fingerprint density at radius 3 is 2.25 bits per heavy atom. The molecule has 0 heterocycles. The van der Waals surface area contributed by atoms with Gasteiger partial charge in [0.05, 0.1) is 13.7 Å². The lowest BCUT2D eigenvalue weighted by Crippen LogP contribution is -2.36. The van der Waals surface area contributed by atoms with Crippen LogP contribution in [0.25, 0.3) is 0 Å². The van der Waals surface area contributed by atoms with Gasteiger partial charge in [0.15, 0.2) is 5.78 Å². The number of hydrogen-bond donors (Lipinski definition) is 0. The topological polar surface area (TPSA) is 32.8 Å². The smallest absolute Gasteiger partial charge is 0.176 e. The van der Waals surface area contributed by atoms with Crippen LogP contribution in [-0.2, 0) is 0 Å². The first kappa shape index (κ1) is 16.7. The molecule has 0 bridgehead atoms. The van der Waals surface area contributed by atoms with E-state index in [-0.39, 0.29) is 5.78 Å². The third kappa shape index (κ3) is 5.72. The number of likely N-dealkylation sites (N-methyl/N-ethyl adjacent to an activating group) is 1. The van der Waals surface area contributed by atoms with Gasteiger partial charge >= 0.3 is 0 Å². The Morgan fingerprint density at radius 2 is 1.75 bits per heavy atom. The highest BCUT2D eigenvalue weighted by Gasteiger charge is 2.12. The van der Waals surface area contributed by atoms with E-state index in [1.165, 1.54) is 0 Å². The third-order valence-corrected chi connectivity index (χ3v) is 3.18. The van der Waals surface area contributed by atoms with Crippen molar-refractivity contribution in [2.45, 2.75) is 13.3 Å². The van der Waals surface area contributed by atoms with E-state index >= 15 is 0 Å². The molecule has 20 heavy (non-hydrogen) atoms. The molecule has 0 aliphatic carbocycles. The Labute approximate surface area is 122 Å². The van der Waals surface area contributed by atoms with E-state index in [4.69, 9.17) is 4.74 Å². The van der Waals surface area contributed by atoms with Crippen LogP contribution < -0.4 is 4.74 Å². The first-order valence-electron chi connectivity index (χ1n) is 7.11. The fraction of sp³-hybridized carbons (Fsp3) is 0.562. The summed E-state index contributed by atoms with van der Waals surface area (Å²) >= 11 is 0. The molecule has 0 aliphatic heterocycles. The molecule has 4 heteroatoms. The summed E-state index contributed by atoms with van der Waals surface area (Å²) in [5, 5.41) is 0. The summed E-state index contributed by atoms with van der Waals surface area (Å²) in [7, 11) is 5.73. The summed E-state index contributed by atoms with van der Waals surface area (Å²) in [6.45, 7) is 5.46. The second-order valence-electron chi connectivity index (χ2n) is 5.23. The lowest BCUT2D eigenvalue weighted by Gasteiger charge is -2.22. The van der Waals surface area contributed by atoms with Gasteiger partial charge in [-0.15, -0.1) is 0 Å². The van der Waals surface area contributed by atoms with Gasteiger partial charge in [-0.1, -0.05) is 6.92 Å². The highest BCUT2D eigenvalue weighted by atomic mass is 16.5. The van der Waals surface area contributed by atoms with Crippen molar-refractivity contribution in [3.05, 3.63) is 29.8 Å². The minimum absolute atomic E-state index is 0.167. The van der Waals surface area contributed by atoms with E-state index in [0.717, 1.165) is 37.4 Å². The number of ketones is 1. The zero-order chi connectivity index (χ0) is 15.0. The molecule has 0 atom stereocenters. The molecular weight excluding hydrogens is 252 g/mol. The van der Waals surface area contributed by atoms with Crippen molar-refractivity contribution in [3.8, 4) is 5.75 Å². The number of benzene rings is 1. The number of hydrogen-bond acceptors (Lipinski definition) is 4. The predicted molar refractivity (Wildman–Crippen MR) is 82.6 cm³/mol. The van der Waals surface area contributed by atoms with Gasteiger partial charge in [0.1, 0.15) is 5.75 Å². The van der Waals surface area contributed by atoms with Crippen LogP contribution in [-0.4, -0.2) is 63.0 Å². The lowest BCUT2D eigenvalue weighted by atomic mass is 10.1. The van der Waals surface area contributed by atoms with Crippen LogP contribution in [0.3, 0.4) is 0 Å². The fourth-order valence-corrected chi connectivity index (χ4v) is 2.00. The molecule has 0 aliphatic rings. The molecule has 0 unspecified atom stereocenters. The summed E-state index contributed by atoms with van der Waals surface area (Å²) in [6, 6.07) is 7.32. The van der Waals surface area contributed by atoms with Crippen LogP contribution in [0.5, 0.6) is 5.75 Å². The minimum atomic E-state index is 0.167. The molecule has 0 N–H and O–H groups in total. The average molecular weight is 278 g/mol. The average Bonchev–Trinajstić information content (AvgIpc) is 2.45. The van der Waals surface area contributed by atoms with Crippen LogP contribution in [0.4, 0.5) is 0 Å². The molecule has 0 saturated carbocycles. The highest BCUT2D eigenvalue weighted by Crippen LogP contribution is 2.12. The van der Waals surface area contributed by atoms with Crippen LogP contribution in [0.1, 0.15) is 23.7 Å². The van der Waals surface area contributed by atoms with Gasteiger partial charge in [0, 0.05) is 18.7 Å². The molecule has 0 spiro atoms. The Morgan fingerprint density at radius 1 is 1.10 bits per heavy atom. The van der Waals surface area contributed by atoms with Gasteiger partial charge in [-0.05, 0) is 51.3 Å². The third-order valence-electron chi connectivity index (χ3n) is 3.18. The predicted octanol–water partition coefficient (Wildman–Crippen LogP) is 2.15. The maximum absolute atomic E-state index is 12.3. The van der Waals surface area contributed by atoms with Gasteiger partial charge in [0.25, 0.3) is 0 Å². The minimum Gasteiger partial charge on any atom is -0.497 e. The first-order valence-corrected chi connectivity index (χ1v) is 7.11. The number of methoxy groups -OCH3 is 1. The molecule has 0 saturated heterocycles. The summed E-state index contributed by atoms with van der Waals surface area (Å²) in [5.74, 6) is 0.944. The van der Waals surface area contributed by atoms with Crippen LogP contribution in [0.2, 0.25) is 0 Å². The highest BCUT2D eigenvalue weighted by molar-refractivity contribution is 5.97. The van der Waals surface area contributed by atoms with E-state index in [2.05, 4.69) is 30.8 Å². The monoisotopic (exact) mass is 278 g/mol. The SMILES string of the molecule is CCCN(CCN(C)C)CC(=O)c1ccc(OC)cc1. The van der Waals surface area contributed by atoms with Crippen molar-refractivity contribution >= 4 is 5.78 Å². The number of ether oxygens (including phenoxy) is 1. The van der Waals surface area contributed by atoms with Gasteiger partial charge in [0.2, 0.25) is 0 Å². The number of carbonyl (C=O) groups is 1. The molecular formula is C16H26N2O2. The molecule has 1 rings (SSSR count). The maximum atomic E-state index is 12.3. The zero-order valence-electron chi connectivity index (χ0n) is 13.1. The van der Waals surface area contributed by atoms with Crippen LogP contribution in [0.15, 0.2) is 24.3 Å². The largest absolute Gasteiger partial charge is 0.497 e. The molecule has 4 nitrogen and oxygen atoms in total.